The maximum absolute atomic E-state index is 13.1. The first-order valence-electron chi connectivity index (χ1n) is 10.7. The molecule has 180 valence electrons. The molecule has 0 spiro atoms. The van der Waals surface area contributed by atoms with Crippen LogP contribution in [-0.4, -0.2) is 24.5 Å². The van der Waals surface area contributed by atoms with Gasteiger partial charge in [-0.1, -0.05) is 23.4 Å². The zero-order valence-corrected chi connectivity index (χ0v) is 20.1. The Morgan fingerprint density at radius 1 is 1.03 bits per heavy atom. The van der Waals surface area contributed by atoms with Crippen LogP contribution in [-0.2, 0) is 10.0 Å². The molecule has 1 atom stereocenters. The highest BCUT2D eigenvalue weighted by molar-refractivity contribution is 7.92. The average molecular weight is 495 g/mol. The van der Waals surface area contributed by atoms with E-state index in [4.69, 9.17) is 4.52 Å². The van der Waals surface area contributed by atoms with Gasteiger partial charge in [-0.25, -0.2) is 12.8 Å². The number of amides is 1. The third kappa shape index (κ3) is 5.55. The zero-order valence-electron chi connectivity index (χ0n) is 19.2. The molecule has 3 aromatic carbocycles. The summed E-state index contributed by atoms with van der Waals surface area (Å²) in [5, 5.41) is 6.63. The van der Waals surface area contributed by atoms with Crippen LogP contribution in [0.2, 0.25) is 0 Å². The van der Waals surface area contributed by atoms with Gasteiger partial charge in [-0.15, -0.1) is 0 Å². The maximum Gasteiger partial charge on any atom is 0.261 e. The second kappa shape index (κ2) is 9.67. The third-order valence-electron chi connectivity index (χ3n) is 5.30. The molecule has 1 heterocycles. The first kappa shape index (κ1) is 24.1. The molecule has 0 saturated heterocycles. The van der Waals surface area contributed by atoms with Gasteiger partial charge in [0.05, 0.1) is 4.90 Å². The lowest BCUT2D eigenvalue weighted by Crippen LogP contribution is -2.28. The van der Waals surface area contributed by atoms with Crippen LogP contribution in [0.4, 0.5) is 10.1 Å². The van der Waals surface area contributed by atoms with Crippen LogP contribution in [0.5, 0.6) is 0 Å². The van der Waals surface area contributed by atoms with E-state index < -0.39 is 22.0 Å². The van der Waals surface area contributed by atoms with Gasteiger partial charge in [-0.3, -0.25) is 9.52 Å². The molecule has 0 saturated carbocycles. The number of carbonyl (C=O) groups is 1. The first-order valence-corrected chi connectivity index (χ1v) is 12.2. The van der Waals surface area contributed by atoms with Gasteiger partial charge in [-0.05, 0) is 80.4 Å². The van der Waals surface area contributed by atoms with Gasteiger partial charge in [0.15, 0.2) is 0 Å². The minimum absolute atomic E-state index is 0.0428. The molecular formula is C25H23FN4O4S. The normalized spacial score (nSPS) is 12.2. The van der Waals surface area contributed by atoms with Crippen molar-refractivity contribution in [3.05, 3.63) is 95.1 Å². The lowest BCUT2D eigenvalue weighted by atomic mass is 10.1. The Bertz CT molecular complexity index is 1480. The molecule has 10 heteroatoms. The molecule has 8 nitrogen and oxygen atoms in total. The molecule has 1 aromatic heterocycles. The van der Waals surface area contributed by atoms with E-state index in [0.29, 0.717) is 16.8 Å². The van der Waals surface area contributed by atoms with Crippen molar-refractivity contribution < 1.29 is 22.1 Å². The van der Waals surface area contributed by atoms with Crippen molar-refractivity contribution in [3.63, 3.8) is 0 Å². The molecule has 4 aromatic rings. The summed E-state index contributed by atoms with van der Waals surface area (Å²) in [6, 6.07) is 16.3. The quantitative estimate of drug-likeness (QED) is 0.382. The number of sulfonamides is 1. The van der Waals surface area contributed by atoms with Crippen molar-refractivity contribution in [1.82, 2.24) is 15.5 Å². The van der Waals surface area contributed by atoms with Crippen molar-refractivity contribution in [2.24, 2.45) is 0 Å². The van der Waals surface area contributed by atoms with E-state index >= 15 is 0 Å². The number of anilines is 1. The molecule has 1 amide bonds. The number of carbonyl (C=O) groups excluding carboxylic acids is 1. The highest BCUT2D eigenvalue weighted by Gasteiger charge is 2.22. The fourth-order valence-electron chi connectivity index (χ4n) is 3.40. The molecule has 4 rings (SSSR count). The molecule has 0 radical (unpaired) electrons. The predicted octanol–water partition coefficient (Wildman–Crippen LogP) is 4.78. The van der Waals surface area contributed by atoms with Crippen molar-refractivity contribution in [2.45, 2.75) is 31.7 Å². The summed E-state index contributed by atoms with van der Waals surface area (Å²) in [5.74, 6) is -0.469. The van der Waals surface area contributed by atoms with Gasteiger partial charge in [0.25, 0.3) is 15.9 Å². The average Bonchev–Trinajstić information content (AvgIpc) is 3.30. The van der Waals surface area contributed by atoms with Crippen LogP contribution in [0.15, 0.2) is 76.1 Å². The minimum Gasteiger partial charge on any atom is -0.341 e. The summed E-state index contributed by atoms with van der Waals surface area (Å²) in [6.45, 7) is 5.23. The van der Waals surface area contributed by atoms with Crippen molar-refractivity contribution in [1.29, 1.82) is 0 Å². The van der Waals surface area contributed by atoms with Gasteiger partial charge < -0.3 is 9.84 Å². The van der Waals surface area contributed by atoms with Gasteiger partial charge in [0.1, 0.15) is 11.9 Å². The van der Waals surface area contributed by atoms with Gasteiger partial charge in [-0.2, -0.15) is 4.98 Å². The molecule has 2 N–H and O–H groups in total. The van der Waals surface area contributed by atoms with E-state index in [-0.39, 0.29) is 28.0 Å². The zero-order chi connectivity index (χ0) is 25.2. The summed E-state index contributed by atoms with van der Waals surface area (Å²) in [5.41, 5.74) is 2.70. The SMILES string of the molecule is Cc1cccc(NS(=O)(=O)c2ccc(C)c(C(=O)NC(C)c3nc(-c4ccc(F)cc4)no3)c2)c1. The fourth-order valence-corrected chi connectivity index (χ4v) is 4.47. The second-order valence-electron chi connectivity index (χ2n) is 8.11. The Morgan fingerprint density at radius 2 is 1.77 bits per heavy atom. The van der Waals surface area contributed by atoms with Crippen LogP contribution in [0.3, 0.4) is 0 Å². The number of hydrogen-bond donors (Lipinski definition) is 2. The highest BCUT2D eigenvalue weighted by Crippen LogP contribution is 2.22. The largest absolute Gasteiger partial charge is 0.341 e. The number of aromatic nitrogens is 2. The smallest absolute Gasteiger partial charge is 0.261 e. The van der Waals surface area contributed by atoms with Gasteiger partial charge >= 0.3 is 0 Å². The van der Waals surface area contributed by atoms with Crippen molar-refractivity contribution in [3.8, 4) is 11.4 Å². The molecule has 1 unspecified atom stereocenters. The molecule has 0 aliphatic carbocycles. The van der Waals surface area contributed by atoms with Crippen molar-refractivity contribution >= 4 is 21.6 Å². The first-order chi connectivity index (χ1) is 16.6. The number of hydrogen-bond acceptors (Lipinski definition) is 6. The number of benzene rings is 3. The van der Waals surface area contributed by atoms with E-state index in [1.807, 2.05) is 13.0 Å². The Balaban J connectivity index is 1.51. The summed E-state index contributed by atoms with van der Waals surface area (Å²) in [6.07, 6.45) is 0. The van der Waals surface area contributed by atoms with E-state index in [0.717, 1.165) is 5.56 Å². The summed E-state index contributed by atoms with van der Waals surface area (Å²) in [4.78, 5) is 17.2. The standard InChI is InChI=1S/C25H23FN4O4S/c1-15-5-4-6-20(13-15)30-35(32,33)21-12-7-16(2)22(14-21)24(31)27-17(3)25-28-23(29-34-25)18-8-10-19(26)11-9-18/h4-14,17,30H,1-3H3,(H,27,31). The van der Waals surface area contributed by atoms with Crippen molar-refractivity contribution in [2.75, 3.05) is 4.72 Å². The molecular weight excluding hydrogens is 471 g/mol. The van der Waals surface area contributed by atoms with Crippen LogP contribution < -0.4 is 10.0 Å². The Morgan fingerprint density at radius 3 is 2.49 bits per heavy atom. The molecule has 0 aliphatic heterocycles. The van der Waals surface area contributed by atoms with E-state index in [1.54, 1.807) is 38.1 Å². The maximum atomic E-state index is 13.1. The molecule has 0 fully saturated rings. The predicted molar refractivity (Wildman–Crippen MR) is 129 cm³/mol. The summed E-state index contributed by atoms with van der Waals surface area (Å²) < 4.78 is 46.7. The van der Waals surface area contributed by atoms with Crippen LogP contribution in [0, 0.1) is 19.7 Å². The summed E-state index contributed by atoms with van der Waals surface area (Å²) in [7, 11) is -3.91. The minimum atomic E-state index is -3.91. The third-order valence-corrected chi connectivity index (χ3v) is 6.68. The van der Waals surface area contributed by atoms with E-state index in [2.05, 4.69) is 20.2 Å². The summed E-state index contributed by atoms with van der Waals surface area (Å²) >= 11 is 0. The number of nitrogens with one attached hydrogen (secondary N) is 2. The lowest BCUT2D eigenvalue weighted by molar-refractivity contribution is 0.0931. The van der Waals surface area contributed by atoms with Gasteiger partial charge in [0, 0.05) is 16.8 Å². The van der Waals surface area contributed by atoms with Gasteiger partial charge in [0.2, 0.25) is 11.7 Å². The lowest BCUT2D eigenvalue weighted by Gasteiger charge is -2.14. The number of halogens is 1. The Kier molecular flexibility index (Phi) is 6.65. The molecule has 0 bridgehead atoms. The van der Waals surface area contributed by atoms with Crippen LogP contribution >= 0.6 is 0 Å². The highest BCUT2D eigenvalue weighted by atomic mass is 32.2. The number of rotatable bonds is 7. The van der Waals surface area contributed by atoms with Crippen LogP contribution in [0.25, 0.3) is 11.4 Å². The van der Waals surface area contributed by atoms with Crippen LogP contribution in [0.1, 0.15) is 40.3 Å². The molecule has 0 aliphatic rings. The van der Waals surface area contributed by atoms with E-state index in [1.165, 1.54) is 36.4 Å². The molecule has 35 heavy (non-hydrogen) atoms. The number of nitrogens with zero attached hydrogens (tertiary/aromatic N) is 2. The second-order valence-corrected chi connectivity index (χ2v) is 9.79. The Labute approximate surface area is 202 Å². The van der Waals surface area contributed by atoms with E-state index in [9.17, 15) is 17.6 Å². The topological polar surface area (TPSA) is 114 Å². The Hall–Kier alpha value is -4.05. The fraction of sp³-hybridized carbons (Fsp3) is 0.160. The number of aryl methyl sites for hydroxylation is 2. The monoisotopic (exact) mass is 494 g/mol.